The van der Waals surface area contributed by atoms with E-state index in [-0.39, 0.29) is 0 Å². The smallest absolute Gasteiger partial charge is 0.341 e. The van der Waals surface area contributed by atoms with Crippen molar-refractivity contribution in [3.63, 3.8) is 0 Å². The number of hydrogen-bond donors (Lipinski definition) is 1. The Bertz CT molecular complexity index is 545. The van der Waals surface area contributed by atoms with Crippen molar-refractivity contribution < 1.29 is 9.53 Å². The van der Waals surface area contributed by atoms with E-state index in [2.05, 4.69) is 20.0 Å². The molecule has 0 bridgehead atoms. The number of esters is 1. The first-order valence-corrected chi connectivity index (χ1v) is 6.32. The molecule has 0 aromatic carbocycles. The van der Waals surface area contributed by atoms with Crippen molar-refractivity contribution in [2.45, 2.75) is 6.54 Å². The zero-order chi connectivity index (χ0) is 13.0. The van der Waals surface area contributed by atoms with Gasteiger partial charge in [0, 0.05) is 17.8 Å². The topological polar surface area (TPSA) is 64.1 Å². The van der Waals surface area contributed by atoms with Crippen LogP contribution < -0.4 is 5.32 Å². The maximum Gasteiger partial charge on any atom is 0.341 e. The maximum atomic E-state index is 11.5. The van der Waals surface area contributed by atoms with Gasteiger partial charge in [-0.15, -0.1) is 11.3 Å². The molecule has 18 heavy (non-hydrogen) atoms. The summed E-state index contributed by atoms with van der Waals surface area (Å²) in [6, 6.07) is 1.58. The summed E-state index contributed by atoms with van der Waals surface area (Å²) in [5.41, 5.74) is 0.926. The van der Waals surface area contributed by atoms with Gasteiger partial charge < -0.3 is 10.1 Å². The number of nitrogens with zero attached hydrogens (tertiary/aromatic N) is 2. The van der Waals surface area contributed by atoms with Crippen LogP contribution in [0.25, 0.3) is 0 Å². The number of thiazole rings is 1. The van der Waals surface area contributed by atoms with Gasteiger partial charge in [-0.3, -0.25) is 0 Å². The van der Waals surface area contributed by atoms with Crippen molar-refractivity contribution in [1.29, 1.82) is 0 Å². The average Bonchev–Trinajstić information content (AvgIpc) is 2.88. The van der Waals surface area contributed by atoms with Crippen LogP contribution >= 0.6 is 22.9 Å². The summed E-state index contributed by atoms with van der Waals surface area (Å²) in [6.07, 6.45) is 3.11. The van der Waals surface area contributed by atoms with Gasteiger partial charge in [0.05, 0.1) is 19.3 Å². The number of aromatic nitrogens is 2. The van der Waals surface area contributed by atoms with E-state index in [1.54, 1.807) is 12.3 Å². The lowest BCUT2D eigenvalue weighted by Gasteiger charge is -2.09. The number of methoxy groups -OCH3 is 1. The van der Waals surface area contributed by atoms with Gasteiger partial charge in [0.1, 0.15) is 15.7 Å². The SMILES string of the molecule is COC(=O)c1cnc(Cl)cc1NCc1nccs1. The van der Waals surface area contributed by atoms with Crippen LogP contribution in [0.5, 0.6) is 0 Å². The zero-order valence-corrected chi connectivity index (χ0v) is 11.1. The second-order valence-electron chi connectivity index (χ2n) is 3.32. The molecule has 2 aromatic heterocycles. The highest BCUT2D eigenvalue weighted by Gasteiger charge is 2.13. The fourth-order valence-corrected chi connectivity index (χ4v) is 2.07. The van der Waals surface area contributed by atoms with Crippen LogP contribution in [-0.4, -0.2) is 23.0 Å². The first-order chi connectivity index (χ1) is 8.70. The summed E-state index contributed by atoms with van der Waals surface area (Å²) in [5.74, 6) is -0.458. The summed E-state index contributed by atoms with van der Waals surface area (Å²) in [4.78, 5) is 19.6. The lowest BCUT2D eigenvalue weighted by atomic mass is 10.2. The first-order valence-electron chi connectivity index (χ1n) is 5.07. The molecule has 94 valence electrons. The molecule has 0 amide bonds. The molecule has 0 saturated carbocycles. The monoisotopic (exact) mass is 283 g/mol. The van der Waals surface area contributed by atoms with Crippen molar-refractivity contribution in [3.05, 3.63) is 39.6 Å². The van der Waals surface area contributed by atoms with Crippen molar-refractivity contribution in [3.8, 4) is 0 Å². The summed E-state index contributed by atoms with van der Waals surface area (Å²) in [5, 5.41) is 6.21. The van der Waals surface area contributed by atoms with E-state index in [0.29, 0.717) is 22.9 Å². The fourth-order valence-electron chi connectivity index (χ4n) is 1.36. The Morgan fingerprint density at radius 1 is 1.56 bits per heavy atom. The molecule has 1 N–H and O–H groups in total. The van der Waals surface area contributed by atoms with Gasteiger partial charge in [0.2, 0.25) is 0 Å². The Balaban J connectivity index is 2.19. The van der Waals surface area contributed by atoms with Crippen molar-refractivity contribution in [1.82, 2.24) is 9.97 Å². The van der Waals surface area contributed by atoms with Gasteiger partial charge in [-0.1, -0.05) is 11.6 Å². The summed E-state index contributed by atoms with van der Waals surface area (Å²) < 4.78 is 4.68. The average molecular weight is 284 g/mol. The minimum absolute atomic E-state index is 0.310. The molecule has 2 rings (SSSR count). The highest BCUT2D eigenvalue weighted by atomic mass is 35.5. The van der Waals surface area contributed by atoms with Gasteiger partial charge in [-0.25, -0.2) is 14.8 Å². The molecule has 0 radical (unpaired) electrons. The van der Waals surface area contributed by atoms with Gasteiger partial charge in [-0.05, 0) is 6.07 Å². The highest BCUT2D eigenvalue weighted by Crippen LogP contribution is 2.20. The van der Waals surface area contributed by atoms with E-state index in [9.17, 15) is 4.79 Å². The molecule has 0 aliphatic heterocycles. The molecular weight excluding hydrogens is 274 g/mol. The van der Waals surface area contributed by atoms with Gasteiger partial charge in [0.15, 0.2) is 0 Å². The maximum absolute atomic E-state index is 11.5. The van der Waals surface area contributed by atoms with Crippen molar-refractivity contribution >= 4 is 34.6 Å². The standard InChI is InChI=1S/C11H10ClN3O2S/c1-17-11(16)7-5-15-9(12)4-8(7)14-6-10-13-2-3-18-10/h2-5H,6H2,1H3,(H,14,15). The molecule has 0 aliphatic rings. The minimum Gasteiger partial charge on any atom is -0.465 e. The molecule has 2 aromatic rings. The minimum atomic E-state index is -0.458. The Morgan fingerprint density at radius 3 is 3.06 bits per heavy atom. The normalized spacial score (nSPS) is 10.1. The van der Waals surface area contributed by atoms with Crippen molar-refractivity contribution in [2.75, 3.05) is 12.4 Å². The van der Waals surface area contributed by atoms with Crippen LogP contribution in [0, 0.1) is 0 Å². The Kier molecular flexibility index (Phi) is 4.11. The van der Waals surface area contributed by atoms with E-state index in [1.165, 1.54) is 24.6 Å². The number of rotatable bonds is 4. The van der Waals surface area contributed by atoms with Crippen molar-refractivity contribution in [2.24, 2.45) is 0 Å². The predicted molar refractivity (Wildman–Crippen MR) is 70.0 cm³/mol. The number of pyridine rings is 1. The summed E-state index contributed by atoms with van der Waals surface area (Å²) >= 11 is 7.34. The van der Waals surface area contributed by atoms with E-state index < -0.39 is 5.97 Å². The Morgan fingerprint density at radius 2 is 2.39 bits per heavy atom. The predicted octanol–water partition coefficient (Wildman–Crippen LogP) is 2.59. The Labute approximate surface area is 113 Å². The summed E-state index contributed by atoms with van der Waals surface area (Å²) in [6.45, 7) is 0.516. The van der Waals surface area contributed by atoms with E-state index in [1.807, 2.05) is 5.38 Å². The van der Waals surface area contributed by atoms with Gasteiger partial charge in [-0.2, -0.15) is 0 Å². The number of carbonyl (C=O) groups excluding carboxylic acids is 1. The number of anilines is 1. The molecule has 0 fully saturated rings. The molecule has 0 aliphatic carbocycles. The quantitative estimate of drug-likeness (QED) is 0.690. The molecule has 2 heterocycles. The molecule has 0 saturated heterocycles. The van der Waals surface area contributed by atoms with Crippen LogP contribution in [0.3, 0.4) is 0 Å². The first kappa shape index (κ1) is 12.8. The number of hydrogen-bond acceptors (Lipinski definition) is 6. The third kappa shape index (κ3) is 2.96. The van der Waals surface area contributed by atoms with Gasteiger partial charge in [0.25, 0.3) is 0 Å². The molecule has 0 unspecified atom stereocenters. The molecule has 0 spiro atoms. The van der Waals surface area contributed by atoms with Crippen LogP contribution in [0.4, 0.5) is 5.69 Å². The van der Waals surface area contributed by atoms with Crippen LogP contribution in [0.15, 0.2) is 23.8 Å². The van der Waals surface area contributed by atoms with E-state index in [0.717, 1.165) is 5.01 Å². The third-order valence-electron chi connectivity index (χ3n) is 2.19. The van der Waals surface area contributed by atoms with Gasteiger partial charge >= 0.3 is 5.97 Å². The van der Waals surface area contributed by atoms with Crippen LogP contribution in [0.1, 0.15) is 15.4 Å². The number of ether oxygens (including phenoxy) is 1. The largest absolute Gasteiger partial charge is 0.465 e. The highest BCUT2D eigenvalue weighted by molar-refractivity contribution is 7.09. The number of halogens is 1. The molecule has 0 atom stereocenters. The van der Waals surface area contributed by atoms with E-state index >= 15 is 0 Å². The lowest BCUT2D eigenvalue weighted by molar-refractivity contribution is 0.0601. The second-order valence-corrected chi connectivity index (χ2v) is 4.69. The third-order valence-corrected chi connectivity index (χ3v) is 3.18. The van der Waals surface area contributed by atoms with E-state index in [4.69, 9.17) is 11.6 Å². The summed E-state index contributed by atoms with van der Waals surface area (Å²) in [7, 11) is 1.32. The lowest BCUT2D eigenvalue weighted by Crippen LogP contribution is -2.09. The zero-order valence-electron chi connectivity index (χ0n) is 9.51. The molecular formula is C11H10ClN3O2S. The van der Waals surface area contributed by atoms with Crippen LogP contribution in [0.2, 0.25) is 5.15 Å². The fraction of sp³-hybridized carbons (Fsp3) is 0.182. The number of carbonyl (C=O) groups is 1. The second kappa shape index (κ2) is 5.79. The van der Waals surface area contributed by atoms with Crippen LogP contribution in [-0.2, 0) is 11.3 Å². The Hall–Kier alpha value is -1.66. The number of nitrogens with one attached hydrogen (secondary N) is 1. The molecule has 7 heteroatoms. The molecule has 5 nitrogen and oxygen atoms in total.